The van der Waals surface area contributed by atoms with Gasteiger partial charge in [0.2, 0.25) is 5.91 Å². The fraction of sp³-hybridized carbons (Fsp3) is 0.0952. The molecule has 0 aliphatic heterocycles. The summed E-state index contributed by atoms with van der Waals surface area (Å²) in [6.45, 7) is 0.129. The highest BCUT2D eigenvalue weighted by molar-refractivity contribution is 5.97. The lowest BCUT2D eigenvalue weighted by Crippen LogP contribution is -2.22. The van der Waals surface area contributed by atoms with E-state index in [0.29, 0.717) is 0 Å². The Morgan fingerprint density at radius 3 is 2.44 bits per heavy atom. The summed E-state index contributed by atoms with van der Waals surface area (Å²) in [5, 5.41) is 15.2. The summed E-state index contributed by atoms with van der Waals surface area (Å²) in [5.74, 6) is -0.127. The van der Waals surface area contributed by atoms with Crippen LogP contribution >= 0.6 is 0 Å². The highest BCUT2D eigenvalue weighted by Gasteiger charge is 2.08. The van der Waals surface area contributed by atoms with Crippen molar-refractivity contribution in [1.82, 2.24) is 0 Å². The summed E-state index contributed by atoms with van der Waals surface area (Å²) in [6, 6.07) is 25.1. The lowest BCUT2D eigenvalue weighted by atomic mass is 10.0. The van der Waals surface area contributed by atoms with Crippen LogP contribution in [0.3, 0.4) is 0 Å². The Hall–Kier alpha value is -3.11. The quantitative estimate of drug-likeness (QED) is 0.641. The number of benzene rings is 3. The number of amides is 1. The average Bonchev–Trinajstić information content (AvgIpc) is 2.68. The first kappa shape index (κ1) is 16.7. The third kappa shape index (κ3) is 4.46. The van der Waals surface area contributed by atoms with Gasteiger partial charge in [-0.05, 0) is 29.3 Å². The fourth-order valence-corrected chi connectivity index (χ4v) is 2.62. The molecule has 3 aromatic carbocycles. The maximum atomic E-state index is 12.3. The molecule has 0 saturated heterocycles. The zero-order valence-corrected chi connectivity index (χ0v) is 13.8. The van der Waals surface area contributed by atoms with Crippen molar-refractivity contribution in [2.45, 2.75) is 6.61 Å². The second-order valence-electron chi connectivity index (χ2n) is 5.67. The molecule has 4 nitrogen and oxygen atoms in total. The molecule has 25 heavy (non-hydrogen) atoms. The van der Waals surface area contributed by atoms with Gasteiger partial charge in [0.1, 0.15) is 0 Å². The van der Waals surface area contributed by atoms with E-state index in [1.54, 1.807) is 0 Å². The molecule has 4 heteroatoms. The predicted molar refractivity (Wildman–Crippen MR) is 101 cm³/mol. The van der Waals surface area contributed by atoms with Crippen molar-refractivity contribution < 1.29 is 9.90 Å². The number of hydrogen-bond acceptors (Lipinski definition) is 3. The number of carbonyl (C=O) groups excluding carboxylic acids is 1. The van der Waals surface area contributed by atoms with Crippen molar-refractivity contribution in [2.24, 2.45) is 0 Å². The molecule has 3 N–H and O–H groups in total. The standard InChI is InChI=1S/C21H20N2O2/c24-15-16-7-6-10-18(13-16)22-14-21(25)23-20-12-5-4-11-19(20)17-8-2-1-3-9-17/h1-13,22,24H,14-15H2,(H,23,25). The molecule has 0 fully saturated rings. The van der Waals surface area contributed by atoms with E-state index < -0.39 is 0 Å². The van der Waals surface area contributed by atoms with Crippen molar-refractivity contribution in [3.63, 3.8) is 0 Å². The topological polar surface area (TPSA) is 61.4 Å². The van der Waals surface area contributed by atoms with Gasteiger partial charge in [0.15, 0.2) is 0 Å². The largest absolute Gasteiger partial charge is 0.392 e. The molecule has 0 aliphatic rings. The Labute approximate surface area is 147 Å². The molecule has 0 saturated carbocycles. The van der Waals surface area contributed by atoms with Crippen LogP contribution < -0.4 is 10.6 Å². The van der Waals surface area contributed by atoms with Crippen molar-refractivity contribution in [2.75, 3.05) is 17.2 Å². The van der Waals surface area contributed by atoms with Gasteiger partial charge >= 0.3 is 0 Å². The van der Waals surface area contributed by atoms with Crippen LogP contribution in [-0.4, -0.2) is 17.6 Å². The first-order valence-corrected chi connectivity index (χ1v) is 8.14. The van der Waals surface area contributed by atoms with Gasteiger partial charge in [-0.1, -0.05) is 60.7 Å². The number of hydrogen-bond donors (Lipinski definition) is 3. The van der Waals surface area contributed by atoms with Crippen LogP contribution in [0.4, 0.5) is 11.4 Å². The molecular weight excluding hydrogens is 312 g/mol. The molecule has 0 heterocycles. The van der Waals surface area contributed by atoms with Gasteiger partial charge < -0.3 is 15.7 Å². The molecular formula is C21H20N2O2. The zero-order valence-electron chi connectivity index (χ0n) is 13.8. The van der Waals surface area contributed by atoms with E-state index in [4.69, 9.17) is 5.11 Å². The molecule has 0 radical (unpaired) electrons. The average molecular weight is 332 g/mol. The first-order chi connectivity index (χ1) is 12.3. The van der Waals surface area contributed by atoms with Crippen LogP contribution in [0.1, 0.15) is 5.56 Å². The van der Waals surface area contributed by atoms with Crippen molar-refractivity contribution in [3.05, 3.63) is 84.4 Å². The summed E-state index contributed by atoms with van der Waals surface area (Å²) in [6.07, 6.45) is 0. The molecule has 1 amide bonds. The molecule has 3 rings (SSSR count). The van der Waals surface area contributed by atoms with E-state index in [1.165, 1.54) is 0 Å². The zero-order chi connectivity index (χ0) is 17.5. The Morgan fingerprint density at radius 2 is 1.64 bits per heavy atom. The second kappa shape index (κ2) is 8.13. The molecule has 0 aliphatic carbocycles. The summed E-state index contributed by atoms with van der Waals surface area (Å²) in [4.78, 5) is 12.3. The van der Waals surface area contributed by atoms with Gasteiger partial charge in [0, 0.05) is 16.9 Å². The number of carbonyl (C=O) groups is 1. The molecule has 0 atom stereocenters. The number of anilines is 2. The van der Waals surface area contributed by atoms with Gasteiger partial charge in [-0.3, -0.25) is 4.79 Å². The number of rotatable bonds is 6. The lowest BCUT2D eigenvalue weighted by Gasteiger charge is -2.12. The first-order valence-electron chi connectivity index (χ1n) is 8.14. The normalized spacial score (nSPS) is 10.3. The van der Waals surface area contributed by atoms with Crippen molar-refractivity contribution in [1.29, 1.82) is 0 Å². The summed E-state index contributed by atoms with van der Waals surface area (Å²) in [7, 11) is 0. The SMILES string of the molecule is O=C(CNc1cccc(CO)c1)Nc1ccccc1-c1ccccc1. The number of aliphatic hydroxyl groups excluding tert-OH is 1. The van der Waals surface area contributed by atoms with E-state index in [2.05, 4.69) is 10.6 Å². The predicted octanol–water partition coefficient (Wildman–Crippen LogP) is 3.90. The van der Waals surface area contributed by atoms with E-state index >= 15 is 0 Å². The minimum absolute atomic E-state index is 0.0217. The van der Waals surface area contributed by atoms with E-state index in [0.717, 1.165) is 28.1 Å². The van der Waals surface area contributed by atoms with E-state index in [1.807, 2.05) is 78.9 Å². The molecule has 0 unspecified atom stereocenters. The molecule has 126 valence electrons. The van der Waals surface area contributed by atoms with Crippen LogP contribution in [0.25, 0.3) is 11.1 Å². The Balaban J connectivity index is 1.67. The Bertz CT molecular complexity index is 847. The molecule has 0 spiro atoms. The number of nitrogens with one attached hydrogen (secondary N) is 2. The third-order valence-electron chi connectivity index (χ3n) is 3.85. The number of aliphatic hydroxyl groups is 1. The smallest absolute Gasteiger partial charge is 0.243 e. The summed E-state index contributed by atoms with van der Waals surface area (Å²) >= 11 is 0. The van der Waals surface area contributed by atoms with Crippen molar-refractivity contribution in [3.8, 4) is 11.1 Å². The fourth-order valence-electron chi connectivity index (χ4n) is 2.62. The Morgan fingerprint density at radius 1 is 0.880 bits per heavy atom. The monoisotopic (exact) mass is 332 g/mol. The maximum absolute atomic E-state index is 12.3. The van der Waals surface area contributed by atoms with E-state index in [9.17, 15) is 4.79 Å². The van der Waals surface area contributed by atoms with Gasteiger partial charge in [-0.25, -0.2) is 0 Å². The van der Waals surface area contributed by atoms with Crippen LogP contribution in [0.15, 0.2) is 78.9 Å². The maximum Gasteiger partial charge on any atom is 0.243 e. The van der Waals surface area contributed by atoms with Gasteiger partial charge in [0.25, 0.3) is 0 Å². The molecule has 3 aromatic rings. The minimum atomic E-state index is -0.127. The molecule has 0 aromatic heterocycles. The van der Waals surface area contributed by atoms with Gasteiger partial charge in [0.05, 0.1) is 13.2 Å². The lowest BCUT2D eigenvalue weighted by molar-refractivity contribution is -0.114. The third-order valence-corrected chi connectivity index (χ3v) is 3.85. The van der Waals surface area contributed by atoms with Crippen LogP contribution in [0.2, 0.25) is 0 Å². The van der Waals surface area contributed by atoms with Gasteiger partial charge in [-0.15, -0.1) is 0 Å². The van der Waals surface area contributed by atoms with Crippen LogP contribution in [-0.2, 0) is 11.4 Å². The Kier molecular flexibility index (Phi) is 5.44. The second-order valence-corrected chi connectivity index (χ2v) is 5.67. The minimum Gasteiger partial charge on any atom is -0.392 e. The van der Waals surface area contributed by atoms with E-state index in [-0.39, 0.29) is 19.1 Å². The van der Waals surface area contributed by atoms with Crippen LogP contribution in [0, 0.1) is 0 Å². The molecule has 0 bridgehead atoms. The van der Waals surface area contributed by atoms with Gasteiger partial charge in [-0.2, -0.15) is 0 Å². The van der Waals surface area contributed by atoms with Crippen molar-refractivity contribution >= 4 is 17.3 Å². The highest BCUT2D eigenvalue weighted by atomic mass is 16.3. The van der Waals surface area contributed by atoms with Crippen LogP contribution in [0.5, 0.6) is 0 Å². The summed E-state index contributed by atoms with van der Waals surface area (Å²) < 4.78 is 0. The summed E-state index contributed by atoms with van der Waals surface area (Å²) in [5.41, 5.74) is 4.43. The highest BCUT2D eigenvalue weighted by Crippen LogP contribution is 2.27. The number of para-hydroxylation sites is 1.